The molecule has 5 heteroatoms. The molecule has 3 amide bonds. The second-order valence-corrected chi connectivity index (χ2v) is 9.40. The molecule has 170 valence electrons. The monoisotopic (exact) mass is 450 g/mol. The Morgan fingerprint density at radius 3 is 1.94 bits per heavy atom. The van der Waals surface area contributed by atoms with E-state index in [2.05, 4.69) is 6.08 Å². The number of carbonyl (C=O) groups excluding carboxylic acids is 3. The van der Waals surface area contributed by atoms with Crippen LogP contribution >= 0.6 is 0 Å². The number of carbonyl (C=O) groups is 3. The molecule has 34 heavy (non-hydrogen) atoms. The Bertz CT molecular complexity index is 1310. The van der Waals surface area contributed by atoms with Crippen LogP contribution in [0.3, 0.4) is 0 Å². The molecule has 5 rings (SSSR count). The average molecular weight is 451 g/mol. The summed E-state index contributed by atoms with van der Waals surface area (Å²) in [5, 5.41) is 0. The number of para-hydroxylation sites is 1. The highest BCUT2D eigenvalue weighted by atomic mass is 16.2. The maximum atomic E-state index is 14.4. The van der Waals surface area contributed by atoms with Crippen molar-refractivity contribution in [2.45, 2.75) is 38.8 Å². The van der Waals surface area contributed by atoms with Crippen molar-refractivity contribution in [3.63, 3.8) is 0 Å². The summed E-state index contributed by atoms with van der Waals surface area (Å²) in [7, 11) is 0. The van der Waals surface area contributed by atoms with Gasteiger partial charge in [0.2, 0.25) is 0 Å². The van der Waals surface area contributed by atoms with E-state index in [1.807, 2.05) is 75.4 Å². The zero-order valence-corrected chi connectivity index (χ0v) is 19.5. The van der Waals surface area contributed by atoms with Gasteiger partial charge in [0.25, 0.3) is 17.7 Å². The number of rotatable bonds is 4. The number of anilines is 1. The first kappa shape index (κ1) is 21.8. The van der Waals surface area contributed by atoms with Crippen molar-refractivity contribution >= 4 is 29.0 Å². The fourth-order valence-corrected chi connectivity index (χ4v) is 5.15. The number of allylic oxidation sites excluding steroid dienone is 1. The van der Waals surface area contributed by atoms with E-state index in [0.29, 0.717) is 11.1 Å². The number of benzene rings is 3. The van der Waals surface area contributed by atoms with E-state index in [-0.39, 0.29) is 12.3 Å². The van der Waals surface area contributed by atoms with Crippen LogP contribution in [0.1, 0.15) is 52.6 Å². The molecule has 0 radical (unpaired) electrons. The van der Waals surface area contributed by atoms with Crippen molar-refractivity contribution in [2.75, 3.05) is 4.90 Å². The first-order valence-electron chi connectivity index (χ1n) is 11.4. The van der Waals surface area contributed by atoms with Crippen LogP contribution in [0.4, 0.5) is 5.69 Å². The Morgan fingerprint density at radius 1 is 0.794 bits per heavy atom. The average Bonchev–Trinajstić information content (AvgIpc) is 3.07. The smallest absolute Gasteiger partial charge is 0.262 e. The lowest BCUT2D eigenvalue weighted by Gasteiger charge is -2.44. The quantitative estimate of drug-likeness (QED) is 0.518. The maximum Gasteiger partial charge on any atom is 0.262 e. The number of nitrogens with zero attached hydrogens (tertiary/aromatic N) is 2. The minimum Gasteiger partial charge on any atom is -0.301 e. The number of fused-ring (bicyclic) bond motifs is 2. The second kappa shape index (κ2) is 8.10. The van der Waals surface area contributed by atoms with E-state index < -0.39 is 23.4 Å². The number of imide groups is 1. The van der Waals surface area contributed by atoms with Gasteiger partial charge in [-0.1, -0.05) is 66.7 Å². The van der Waals surface area contributed by atoms with Crippen LogP contribution in [0, 0.1) is 0 Å². The van der Waals surface area contributed by atoms with E-state index in [0.717, 1.165) is 27.3 Å². The summed E-state index contributed by atoms with van der Waals surface area (Å²) >= 11 is 0. The van der Waals surface area contributed by atoms with Gasteiger partial charge in [0, 0.05) is 12.0 Å². The molecule has 3 aromatic carbocycles. The predicted molar refractivity (Wildman–Crippen MR) is 133 cm³/mol. The number of hydrogen-bond donors (Lipinski definition) is 0. The fraction of sp³-hybridized carbons (Fsp3) is 0.207. The zero-order chi connectivity index (χ0) is 24.0. The third kappa shape index (κ3) is 3.45. The molecular formula is C29H26N2O3. The van der Waals surface area contributed by atoms with Gasteiger partial charge in [-0.2, -0.15) is 0 Å². The van der Waals surface area contributed by atoms with E-state index in [9.17, 15) is 14.4 Å². The molecule has 0 aromatic heterocycles. The molecule has 1 atom stereocenters. The molecule has 2 aliphatic rings. The van der Waals surface area contributed by atoms with Crippen LogP contribution in [0.2, 0.25) is 0 Å². The predicted octanol–water partition coefficient (Wildman–Crippen LogP) is 5.12. The summed E-state index contributed by atoms with van der Waals surface area (Å²) in [6.45, 7) is 5.99. The van der Waals surface area contributed by atoms with Crippen LogP contribution in [-0.4, -0.2) is 34.2 Å². The zero-order valence-electron chi connectivity index (χ0n) is 19.5. The molecule has 2 heterocycles. The van der Waals surface area contributed by atoms with Crippen molar-refractivity contribution in [3.8, 4) is 0 Å². The molecule has 0 fully saturated rings. The minimum absolute atomic E-state index is 0.239. The Hall–Kier alpha value is -3.99. The van der Waals surface area contributed by atoms with Crippen LogP contribution < -0.4 is 4.90 Å². The maximum absolute atomic E-state index is 14.4. The molecule has 0 bridgehead atoms. The molecular weight excluding hydrogens is 424 g/mol. The van der Waals surface area contributed by atoms with Gasteiger partial charge < -0.3 is 4.90 Å². The van der Waals surface area contributed by atoms with Crippen LogP contribution in [0.5, 0.6) is 0 Å². The third-order valence-electron chi connectivity index (χ3n) is 6.63. The highest BCUT2D eigenvalue weighted by Crippen LogP contribution is 2.40. The van der Waals surface area contributed by atoms with Crippen LogP contribution in [-0.2, 0) is 11.2 Å². The van der Waals surface area contributed by atoms with Crippen molar-refractivity contribution < 1.29 is 14.4 Å². The molecule has 0 N–H and O–H groups in total. The van der Waals surface area contributed by atoms with Gasteiger partial charge >= 0.3 is 0 Å². The van der Waals surface area contributed by atoms with Gasteiger partial charge in [-0.25, -0.2) is 0 Å². The summed E-state index contributed by atoms with van der Waals surface area (Å²) in [5.41, 5.74) is 3.77. The van der Waals surface area contributed by atoms with Gasteiger partial charge in [-0.15, -0.1) is 0 Å². The van der Waals surface area contributed by atoms with Crippen LogP contribution in [0.25, 0.3) is 5.57 Å². The summed E-state index contributed by atoms with van der Waals surface area (Å²) < 4.78 is 0. The Morgan fingerprint density at radius 2 is 1.32 bits per heavy atom. The summed E-state index contributed by atoms with van der Waals surface area (Å²) in [6, 6.07) is 23.1. The summed E-state index contributed by atoms with van der Waals surface area (Å²) in [5.74, 6) is -1.13. The lowest BCUT2D eigenvalue weighted by molar-refractivity contribution is -0.123. The molecule has 2 aliphatic heterocycles. The van der Waals surface area contributed by atoms with E-state index in [4.69, 9.17) is 0 Å². The molecule has 5 nitrogen and oxygen atoms in total. The van der Waals surface area contributed by atoms with Crippen molar-refractivity contribution in [1.29, 1.82) is 0 Å². The van der Waals surface area contributed by atoms with Crippen LogP contribution in [0.15, 0.2) is 84.9 Å². The summed E-state index contributed by atoms with van der Waals surface area (Å²) in [6.07, 6.45) is 2.30. The molecule has 0 saturated carbocycles. The highest BCUT2D eigenvalue weighted by Gasteiger charge is 2.47. The van der Waals surface area contributed by atoms with E-state index in [1.54, 1.807) is 29.2 Å². The Kier molecular flexibility index (Phi) is 5.20. The first-order chi connectivity index (χ1) is 16.3. The standard InChI is InChI=1S/C29H26N2O3/c1-19-18-29(2,3)31(24-16-10-9-13-21(19)24)28(34)25(17-20-11-5-4-6-12-20)30-26(32)22-14-7-8-15-23(22)27(30)33/h4-16,18,25H,17H2,1-3H3. The second-order valence-electron chi connectivity index (χ2n) is 9.40. The Balaban J connectivity index is 1.62. The molecule has 0 spiro atoms. The largest absolute Gasteiger partial charge is 0.301 e. The van der Waals surface area contributed by atoms with Gasteiger partial charge in [0.1, 0.15) is 6.04 Å². The van der Waals surface area contributed by atoms with E-state index >= 15 is 0 Å². The topological polar surface area (TPSA) is 57.7 Å². The van der Waals surface area contributed by atoms with Gasteiger partial charge in [-0.3, -0.25) is 19.3 Å². The lowest BCUT2D eigenvalue weighted by Crippen LogP contribution is -2.58. The lowest BCUT2D eigenvalue weighted by atomic mass is 9.87. The molecule has 0 aliphatic carbocycles. The molecule has 3 aromatic rings. The number of hydrogen-bond acceptors (Lipinski definition) is 3. The third-order valence-corrected chi connectivity index (χ3v) is 6.63. The van der Waals surface area contributed by atoms with Crippen molar-refractivity contribution in [1.82, 2.24) is 4.90 Å². The molecule has 0 saturated heterocycles. The normalized spacial score (nSPS) is 17.2. The summed E-state index contributed by atoms with van der Waals surface area (Å²) in [4.78, 5) is 44.1. The molecule has 1 unspecified atom stereocenters. The van der Waals surface area contributed by atoms with Crippen molar-refractivity contribution in [2.24, 2.45) is 0 Å². The Labute approximate surface area is 199 Å². The van der Waals surface area contributed by atoms with Gasteiger partial charge in [0.05, 0.1) is 22.4 Å². The van der Waals surface area contributed by atoms with Gasteiger partial charge in [0.15, 0.2) is 0 Å². The minimum atomic E-state index is -0.978. The fourth-order valence-electron chi connectivity index (χ4n) is 5.15. The SMILES string of the molecule is CC1=CC(C)(C)N(C(=O)C(Cc2ccccc2)N2C(=O)c3ccccc3C2=O)c2ccccc21. The highest BCUT2D eigenvalue weighted by molar-refractivity contribution is 6.23. The number of amides is 3. The first-order valence-corrected chi connectivity index (χ1v) is 11.4. The van der Waals surface area contributed by atoms with E-state index in [1.165, 1.54) is 0 Å². The van der Waals surface area contributed by atoms with Crippen molar-refractivity contribution in [3.05, 3.63) is 107 Å². The van der Waals surface area contributed by atoms with Gasteiger partial charge in [-0.05, 0) is 50.1 Å².